The standard InChI is InChI=1S/C22H29N5O4/c1-22(2,3)31-21(30)27-11-9-26(10-12-27)20-23-16-13-14(5-7-17(16)25(20)4)15-6-8-18(28)24-19(15)29/h5,7,13,15H,6,8-12H2,1-4H3,(H,24,28,29). The van der Waals surface area contributed by atoms with Gasteiger partial charge in [-0.3, -0.25) is 14.9 Å². The maximum atomic E-state index is 12.3. The molecule has 3 amide bonds. The monoisotopic (exact) mass is 427 g/mol. The minimum absolute atomic E-state index is 0.215. The molecule has 2 saturated heterocycles. The van der Waals surface area contributed by atoms with E-state index in [2.05, 4.69) is 10.2 Å². The summed E-state index contributed by atoms with van der Waals surface area (Å²) in [4.78, 5) is 44.7. The van der Waals surface area contributed by atoms with E-state index in [1.54, 1.807) is 4.90 Å². The van der Waals surface area contributed by atoms with Gasteiger partial charge in [0, 0.05) is 39.6 Å². The molecule has 31 heavy (non-hydrogen) atoms. The molecule has 166 valence electrons. The Kier molecular flexibility index (Phi) is 5.36. The molecule has 9 nitrogen and oxygen atoms in total. The summed E-state index contributed by atoms with van der Waals surface area (Å²) in [5, 5.41) is 2.42. The van der Waals surface area contributed by atoms with Gasteiger partial charge in [0.25, 0.3) is 0 Å². The van der Waals surface area contributed by atoms with Crippen molar-refractivity contribution in [3.63, 3.8) is 0 Å². The lowest BCUT2D eigenvalue weighted by Crippen LogP contribution is -2.50. The summed E-state index contributed by atoms with van der Waals surface area (Å²) in [5.41, 5.74) is 2.15. The number of hydrogen-bond donors (Lipinski definition) is 1. The van der Waals surface area contributed by atoms with E-state index in [0.29, 0.717) is 39.0 Å². The number of carbonyl (C=O) groups is 3. The number of piperidine rings is 1. The van der Waals surface area contributed by atoms with Crippen LogP contribution in [0.25, 0.3) is 11.0 Å². The minimum atomic E-state index is -0.508. The Balaban J connectivity index is 1.49. The number of aryl methyl sites for hydroxylation is 1. The number of rotatable bonds is 2. The Morgan fingerprint density at radius 3 is 2.52 bits per heavy atom. The summed E-state index contributed by atoms with van der Waals surface area (Å²) >= 11 is 0. The predicted octanol–water partition coefficient (Wildman–Crippen LogP) is 2.15. The van der Waals surface area contributed by atoms with E-state index >= 15 is 0 Å². The summed E-state index contributed by atoms with van der Waals surface area (Å²) in [5.74, 6) is 0.0437. The molecule has 2 aliphatic heterocycles. The van der Waals surface area contributed by atoms with Gasteiger partial charge in [0.1, 0.15) is 5.60 Å². The first kappa shape index (κ1) is 21.1. The van der Waals surface area contributed by atoms with E-state index in [0.717, 1.165) is 22.5 Å². The Hall–Kier alpha value is -3.10. The quantitative estimate of drug-likeness (QED) is 0.738. The van der Waals surface area contributed by atoms with Crippen LogP contribution < -0.4 is 10.2 Å². The number of imide groups is 1. The Morgan fingerprint density at radius 2 is 1.87 bits per heavy atom. The van der Waals surface area contributed by atoms with Crippen LogP contribution in [-0.4, -0.2) is 64.1 Å². The molecule has 0 saturated carbocycles. The van der Waals surface area contributed by atoms with Crippen LogP contribution in [0.4, 0.5) is 10.7 Å². The number of nitrogens with zero attached hydrogens (tertiary/aromatic N) is 4. The third-order valence-electron chi connectivity index (χ3n) is 5.74. The molecule has 0 spiro atoms. The topological polar surface area (TPSA) is 96.8 Å². The predicted molar refractivity (Wildman–Crippen MR) is 116 cm³/mol. The van der Waals surface area contributed by atoms with Gasteiger partial charge >= 0.3 is 6.09 Å². The molecule has 1 aromatic carbocycles. The molecule has 1 N–H and O–H groups in total. The molecule has 1 atom stereocenters. The number of anilines is 1. The second-order valence-corrected chi connectivity index (χ2v) is 9.18. The zero-order valence-corrected chi connectivity index (χ0v) is 18.5. The number of carbonyl (C=O) groups excluding carboxylic acids is 3. The second-order valence-electron chi connectivity index (χ2n) is 9.18. The number of aromatic nitrogens is 2. The van der Waals surface area contributed by atoms with Gasteiger partial charge in [-0.2, -0.15) is 0 Å². The minimum Gasteiger partial charge on any atom is -0.444 e. The van der Waals surface area contributed by atoms with Gasteiger partial charge < -0.3 is 19.1 Å². The molecular formula is C22H29N5O4. The van der Waals surface area contributed by atoms with Gasteiger partial charge in [0.15, 0.2) is 0 Å². The molecule has 4 rings (SSSR count). The van der Waals surface area contributed by atoms with Gasteiger partial charge in [0.2, 0.25) is 17.8 Å². The molecule has 3 heterocycles. The van der Waals surface area contributed by atoms with Crippen LogP contribution in [0.3, 0.4) is 0 Å². The normalized spacial score (nSPS) is 20.2. The van der Waals surface area contributed by atoms with Crippen LogP contribution in [0.1, 0.15) is 45.1 Å². The number of hydrogen-bond acceptors (Lipinski definition) is 6. The van der Waals surface area contributed by atoms with Crippen LogP contribution in [0.5, 0.6) is 0 Å². The largest absolute Gasteiger partial charge is 0.444 e. The van der Waals surface area contributed by atoms with E-state index in [-0.39, 0.29) is 23.8 Å². The molecule has 2 aromatic rings. The SMILES string of the molecule is Cn1c(N2CCN(C(=O)OC(C)(C)C)CC2)nc2cc(C3CCC(=O)NC3=O)ccc21. The van der Waals surface area contributed by atoms with Crippen molar-refractivity contribution in [3.05, 3.63) is 23.8 Å². The van der Waals surface area contributed by atoms with Crippen molar-refractivity contribution in [1.82, 2.24) is 19.8 Å². The van der Waals surface area contributed by atoms with E-state index in [1.807, 2.05) is 50.6 Å². The summed E-state index contributed by atoms with van der Waals surface area (Å²) in [6.07, 6.45) is 0.581. The molecule has 0 bridgehead atoms. The maximum Gasteiger partial charge on any atom is 0.410 e. The highest BCUT2D eigenvalue weighted by Gasteiger charge is 2.30. The van der Waals surface area contributed by atoms with E-state index < -0.39 is 5.60 Å². The van der Waals surface area contributed by atoms with Gasteiger partial charge in [0.05, 0.1) is 17.0 Å². The summed E-state index contributed by atoms with van der Waals surface area (Å²) in [7, 11) is 1.97. The Bertz CT molecular complexity index is 1030. The lowest BCUT2D eigenvalue weighted by Gasteiger charge is -2.36. The average Bonchev–Trinajstić information content (AvgIpc) is 3.03. The molecule has 9 heteroatoms. The van der Waals surface area contributed by atoms with E-state index in [1.165, 1.54) is 0 Å². The molecule has 2 aliphatic rings. The Morgan fingerprint density at radius 1 is 1.16 bits per heavy atom. The van der Waals surface area contributed by atoms with Crippen molar-refractivity contribution in [1.29, 1.82) is 0 Å². The highest BCUT2D eigenvalue weighted by atomic mass is 16.6. The van der Waals surface area contributed by atoms with E-state index in [4.69, 9.17) is 9.72 Å². The summed E-state index contributed by atoms with van der Waals surface area (Å²) < 4.78 is 7.50. The fourth-order valence-corrected chi connectivity index (χ4v) is 4.13. The number of imidazole rings is 1. The summed E-state index contributed by atoms with van der Waals surface area (Å²) in [6.45, 7) is 8.06. The third kappa shape index (κ3) is 4.35. The first-order valence-electron chi connectivity index (χ1n) is 10.7. The highest BCUT2D eigenvalue weighted by Crippen LogP contribution is 2.29. The average molecular weight is 428 g/mol. The van der Waals surface area contributed by atoms with Crippen molar-refractivity contribution in [2.75, 3.05) is 31.1 Å². The molecule has 2 fully saturated rings. The molecule has 1 unspecified atom stereocenters. The van der Waals surface area contributed by atoms with Crippen LogP contribution in [-0.2, 0) is 21.4 Å². The van der Waals surface area contributed by atoms with Crippen molar-refractivity contribution in [3.8, 4) is 0 Å². The van der Waals surface area contributed by atoms with Crippen molar-refractivity contribution < 1.29 is 19.1 Å². The number of amides is 3. The smallest absolute Gasteiger partial charge is 0.410 e. The number of benzene rings is 1. The van der Waals surface area contributed by atoms with Crippen molar-refractivity contribution in [2.45, 2.75) is 45.1 Å². The van der Waals surface area contributed by atoms with Crippen LogP contribution in [0, 0.1) is 0 Å². The molecule has 0 radical (unpaired) electrons. The van der Waals surface area contributed by atoms with Gasteiger partial charge in [-0.25, -0.2) is 9.78 Å². The number of fused-ring (bicyclic) bond motifs is 1. The van der Waals surface area contributed by atoms with Crippen molar-refractivity contribution >= 4 is 34.9 Å². The number of ether oxygens (including phenoxy) is 1. The number of nitrogens with one attached hydrogen (secondary N) is 1. The zero-order valence-electron chi connectivity index (χ0n) is 18.5. The zero-order chi connectivity index (χ0) is 22.3. The summed E-state index contributed by atoms with van der Waals surface area (Å²) in [6, 6.07) is 5.85. The number of piperazine rings is 1. The van der Waals surface area contributed by atoms with E-state index in [9.17, 15) is 14.4 Å². The lowest BCUT2D eigenvalue weighted by molar-refractivity contribution is -0.134. The molecule has 1 aromatic heterocycles. The maximum absolute atomic E-state index is 12.3. The fourth-order valence-electron chi connectivity index (χ4n) is 4.13. The van der Waals surface area contributed by atoms with Crippen LogP contribution in [0.2, 0.25) is 0 Å². The Labute approximate surface area is 181 Å². The van der Waals surface area contributed by atoms with Crippen LogP contribution in [0.15, 0.2) is 18.2 Å². The van der Waals surface area contributed by atoms with Gasteiger partial charge in [-0.1, -0.05) is 6.07 Å². The molecular weight excluding hydrogens is 398 g/mol. The molecule has 0 aliphatic carbocycles. The fraction of sp³-hybridized carbons (Fsp3) is 0.545. The van der Waals surface area contributed by atoms with Gasteiger partial charge in [-0.05, 0) is 44.9 Å². The first-order chi connectivity index (χ1) is 14.6. The third-order valence-corrected chi connectivity index (χ3v) is 5.74. The first-order valence-corrected chi connectivity index (χ1v) is 10.7. The van der Waals surface area contributed by atoms with Crippen molar-refractivity contribution in [2.24, 2.45) is 7.05 Å². The lowest BCUT2D eigenvalue weighted by atomic mass is 9.90. The van der Waals surface area contributed by atoms with Gasteiger partial charge in [-0.15, -0.1) is 0 Å². The highest BCUT2D eigenvalue weighted by molar-refractivity contribution is 6.01. The van der Waals surface area contributed by atoms with Crippen LogP contribution >= 0.6 is 0 Å². The second kappa shape index (κ2) is 7.86.